The molecule has 2 heterocycles. The molecule has 0 spiro atoms. The van der Waals surface area contributed by atoms with E-state index < -0.39 is 0 Å². The van der Waals surface area contributed by atoms with Crippen molar-refractivity contribution in [2.45, 2.75) is 34.1 Å². The fourth-order valence-corrected chi connectivity index (χ4v) is 2.19. The number of hydrogen-bond acceptors (Lipinski definition) is 3. The monoisotopic (exact) mass is 219 g/mol. The van der Waals surface area contributed by atoms with Crippen molar-refractivity contribution in [1.29, 1.82) is 0 Å². The van der Waals surface area contributed by atoms with E-state index in [9.17, 15) is 0 Å². The van der Waals surface area contributed by atoms with Gasteiger partial charge < -0.3 is 4.90 Å². The molecule has 0 saturated carbocycles. The summed E-state index contributed by atoms with van der Waals surface area (Å²) in [6.45, 7) is 11.2. The van der Waals surface area contributed by atoms with Crippen LogP contribution in [0.3, 0.4) is 0 Å². The third kappa shape index (κ3) is 2.18. The van der Waals surface area contributed by atoms with Gasteiger partial charge in [0.05, 0.1) is 0 Å². The van der Waals surface area contributed by atoms with Gasteiger partial charge in [0.25, 0.3) is 0 Å². The van der Waals surface area contributed by atoms with Crippen LogP contribution in [-0.2, 0) is 0 Å². The number of anilines is 1. The standard InChI is InChI=1S/C13H21N3/c1-10-7-14-12(15-8-10)16-6-5-11(2)13(3,4)9-16/h7-8,11H,5-6,9H2,1-4H3. The number of aryl methyl sites for hydroxylation is 1. The molecule has 3 heteroatoms. The average molecular weight is 219 g/mol. The molecular weight excluding hydrogens is 198 g/mol. The van der Waals surface area contributed by atoms with Gasteiger partial charge in [-0.1, -0.05) is 20.8 Å². The van der Waals surface area contributed by atoms with E-state index in [2.05, 4.69) is 35.6 Å². The molecular formula is C13H21N3. The Morgan fingerprint density at radius 3 is 2.50 bits per heavy atom. The topological polar surface area (TPSA) is 29.0 Å². The summed E-state index contributed by atoms with van der Waals surface area (Å²) in [4.78, 5) is 11.1. The van der Waals surface area contributed by atoms with Gasteiger partial charge in [0.1, 0.15) is 0 Å². The van der Waals surface area contributed by atoms with Crippen LogP contribution >= 0.6 is 0 Å². The van der Waals surface area contributed by atoms with Crippen molar-refractivity contribution in [2.75, 3.05) is 18.0 Å². The summed E-state index contributed by atoms with van der Waals surface area (Å²) < 4.78 is 0. The Kier molecular flexibility index (Phi) is 2.87. The number of nitrogens with zero attached hydrogens (tertiary/aromatic N) is 3. The largest absolute Gasteiger partial charge is 0.340 e. The first-order chi connectivity index (χ1) is 7.49. The van der Waals surface area contributed by atoms with Crippen LogP contribution in [0, 0.1) is 18.3 Å². The zero-order chi connectivity index (χ0) is 11.8. The third-order valence-electron chi connectivity index (χ3n) is 3.81. The summed E-state index contributed by atoms with van der Waals surface area (Å²) in [5, 5.41) is 0. The lowest BCUT2D eigenvalue weighted by Gasteiger charge is -2.42. The fourth-order valence-electron chi connectivity index (χ4n) is 2.19. The maximum Gasteiger partial charge on any atom is 0.225 e. The van der Waals surface area contributed by atoms with E-state index in [1.807, 2.05) is 19.3 Å². The van der Waals surface area contributed by atoms with Gasteiger partial charge in [-0.3, -0.25) is 0 Å². The summed E-state index contributed by atoms with van der Waals surface area (Å²) in [5.74, 6) is 1.65. The van der Waals surface area contributed by atoms with E-state index in [-0.39, 0.29) is 0 Å². The Bertz CT molecular complexity index is 356. The van der Waals surface area contributed by atoms with Crippen LogP contribution in [0.1, 0.15) is 32.8 Å². The molecule has 0 radical (unpaired) electrons. The smallest absolute Gasteiger partial charge is 0.225 e. The van der Waals surface area contributed by atoms with Gasteiger partial charge >= 0.3 is 0 Å². The van der Waals surface area contributed by atoms with Gasteiger partial charge in [-0.25, -0.2) is 9.97 Å². The summed E-state index contributed by atoms with van der Waals surface area (Å²) in [6.07, 6.45) is 5.02. The predicted molar refractivity (Wildman–Crippen MR) is 66.5 cm³/mol. The second-order valence-corrected chi connectivity index (χ2v) is 5.66. The number of rotatable bonds is 1. The van der Waals surface area contributed by atoms with Crippen molar-refractivity contribution in [2.24, 2.45) is 11.3 Å². The molecule has 88 valence electrons. The van der Waals surface area contributed by atoms with Crippen molar-refractivity contribution in [3.8, 4) is 0 Å². The Balaban J connectivity index is 2.14. The van der Waals surface area contributed by atoms with Crippen molar-refractivity contribution in [3.05, 3.63) is 18.0 Å². The molecule has 1 aromatic heterocycles. The van der Waals surface area contributed by atoms with Crippen LogP contribution in [0.4, 0.5) is 5.95 Å². The summed E-state index contributed by atoms with van der Waals surface area (Å²) in [6, 6.07) is 0. The minimum atomic E-state index is 0.354. The maximum atomic E-state index is 4.41. The summed E-state index contributed by atoms with van der Waals surface area (Å²) in [5.41, 5.74) is 1.47. The van der Waals surface area contributed by atoms with Crippen LogP contribution in [0.25, 0.3) is 0 Å². The molecule has 16 heavy (non-hydrogen) atoms. The Hall–Kier alpha value is -1.12. The van der Waals surface area contributed by atoms with Gasteiger partial charge in [0.15, 0.2) is 0 Å². The van der Waals surface area contributed by atoms with Gasteiger partial charge in [0.2, 0.25) is 5.95 Å². The first-order valence-corrected chi connectivity index (χ1v) is 6.02. The zero-order valence-electron chi connectivity index (χ0n) is 10.7. The number of hydrogen-bond donors (Lipinski definition) is 0. The molecule has 0 bridgehead atoms. The normalized spacial score (nSPS) is 24.5. The lowest BCUT2D eigenvalue weighted by molar-refractivity contribution is 0.192. The zero-order valence-corrected chi connectivity index (χ0v) is 10.7. The molecule has 1 aromatic rings. The Morgan fingerprint density at radius 2 is 1.94 bits per heavy atom. The lowest BCUT2D eigenvalue weighted by atomic mass is 9.75. The molecule has 1 aliphatic heterocycles. The lowest BCUT2D eigenvalue weighted by Crippen LogP contribution is -2.45. The van der Waals surface area contributed by atoms with Crippen molar-refractivity contribution < 1.29 is 0 Å². The first kappa shape index (κ1) is 11.4. The minimum Gasteiger partial charge on any atom is -0.340 e. The van der Waals surface area contributed by atoms with E-state index in [0.29, 0.717) is 5.41 Å². The second-order valence-electron chi connectivity index (χ2n) is 5.66. The van der Waals surface area contributed by atoms with Crippen LogP contribution in [0.2, 0.25) is 0 Å². The highest BCUT2D eigenvalue weighted by molar-refractivity contribution is 5.31. The van der Waals surface area contributed by atoms with E-state index in [0.717, 1.165) is 30.5 Å². The third-order valence-corrected chi connectivity index (χ3v) is 3.81. The highest BCUT2D eigenvalue weighted by atomic mass is 15.3. The highest BCUT2D eigenvalue weighted by Crippen LogP contribution is 2.35. The maximum absolute atomic E-state index is 4.41. The van der Waals surface area contributed by atoms with E-state index in [1.165, 1.54) is 6.42 Å². The average Bonchev–Trinajstić information content (AvgIpc) is 2.23. The molecule has 3 nitrogen and oxygen atoms in total. The van der Waals surface area contributed by atoms with Gasteiger partial charge in [-0.05, 0) is 30.2 Å². The molecule has 0 aromatic carbocycles. The minimum absolute atomic E-state index is 0.354. The van der Waals surface area contributed by atoms with E-state index >= 15 is 0 Å². The molecule has 2 rings (SSSR count). The molecule has 1 unspecified atom stereocenters. The molecule has 1 saturated heterocycles. The number of piperidine rings is 1. The van der Waals surface area contributed by atoms with Gasteiger partial charge in [0, 0.05) is 25.5 Å². The summed E-state index contributed by atoms with van der Waals surface area (Å²) >= 11 is 0. The molecule has 0 aliphatic carbocycles. The molecule has 1 fully saturated rings. The second kappa shape index (κ2) is 4.04. The molecule has 1 aliphatic rings. The van der Waals surface area contributed by atoms with Crippen LogP contribution in [0.15, 0.2) is 12.4 Å². The highest BCUT2D eigenvalue weighted by Gasteiger charge is 2.33. The van der Waals surface area contributed by atoms with Crippen LogP contribution in [-0.4, -0.2) is 23.1 Å². The van der Waals surface area contributed by atoms with Crippen molar-refractivity contribution >= 4 is 5.95 Å². The van der Waals surface area contributed by atoms with Crippen LogP contribution < -0.4 is 4.90 Å². The SMILES string of the molecule is Cc1cnc(N2CCC(C)C(C)(C)C2)nc1. The molecule has 0 amide bonds. The van der Waals surface area contributed by atoms with Gasteiger partial charge in [-0.2, -0.15) is 0 Å². The van der Waals surface area contributed by atoms with E-state index in [1.54, 1.807) is 0 Å². The Morgan fingerprint density at radius 1 is 1.31 bits per heavy atom. The molecule has 0 N–H and O–H groups in total. The van der Waals surface area contributed by atoms with Crippen LogP contribution in [0.5, 0.6) is 0 Å². The fraction of sp³-hybridized carbons (Fsp3) is 0.692. The quantitative estimate of drug-likeness (QED) is 0.727. The molecule has 1 atom stereocenters. The van der Waals surface area contributed by atoms with Crippen molar-refractivity contribution in [1.82, 2.24) is 9.97 Å². The number of aromatic nitrogens is 2. The van der Waals surface area contributed by atoms with E-state index in [4.69, 9.17) is 0 Å². The predicted octanol–water partition coefficient (Wildman–Crippen LogP) is 2.66. The van der Waals surface area contributed by atoms with Gasteiger partial charge in [-0.15, -0.1) is 0 Å². The Labute approximate surface area is 97.9 Å². The van der Waals surface area contributed by atoms with Crippen molar-refractivity contribution in [3.63, 3.8) is 0 Å². The first-order valence-electron chi connectivity index (χ1n) is 6.02. The summed E-state index contributed by atoms with van der Waals surface area (Å²) in [7, 11) is 0.